The second kappa shape index (κ2) is 12.8. The van der Waals surface area contributed by atoms with E-state index in [-0.39, 0.29) is 48.5 Å². The molecule has 0 radical (unpaired) electrons. The molecule has 0 saturated carbocycles. The minimum absolute atomic E-state index is 0. The summed E-state index contributed by atoms with van der Waals surface area (Å²) in [5.74, 6) is 1.78. The summed E-state index contributed by atoms with van der Waals surface area (Å²) in [5, 5.41) is 9.73. The lowest BCUT2D eigenvalue weighted by atomic mass is 9.98. The van der Waals surface area contributed by atoms with Crippen LogP contribution in [0.5, 0.6) is 5.75 Å². The van der Waals surface area contributed by atoms with Crippen LogP contribution < -0.4 is 19.7 Å². The summed E-state index contributed by atoms with van der Waals surface area (Å²) in [6.07, 6.45) is 4.26. The Balaban J connectivity index is 0.00000202. The third-order valence-electron chi connectivity index (χ3n) is 7.93. The number of nitrogen functional groups attached to an aromatic ring is 1. The van der Waals surface area contributed by atoms with Crippen molar-refractivity contribution in [2.24, 2.45) is 5.73 Å². The molecule has 3 heterocycles. The maximum absolute atomic E-state index is 13.3. The van der Waals surface area contributed by atoms with Gasteiger partial charge in [-0.05, 0) is 71.3 Å². The highest BCUT2D eigenvalue weighted by atomic mass is 35.5. The molecular formula is C31H35Cl2N5O3S. The summed E-state index contributed by atoms with van der Waals surface area (Å²) in [6, 6.07) is 23.0. The molecule has 1 unspecified atom stereocenters. The molecule has 1 fully saturated rings. The molecule has 3 aromatic carbocycles. The Morgan fingerprint density at radius 1 is 1.00 bits per heavy atom. The number of pyridine rings is 1. The van der Waals surface area contributed by atoms with Gasteiger partial charge >= 0.3 is 0 Å². The normalized spacial score (nSPS) is 16.8. The topological polar surface area (TPSA) is 113 Å². The first-order chi connectivity index (χ1) is 19.3. The van der Waals surface area contributed by atoms with Crippen molar-refractivity contribution >= 4 is 63.0 Å². The summed E-state index contributed by atoms with van der Waals surface area (Å²) >= 11 is 0. The van der Waals surface area contributed by atoms with E-state index in [2.05, 4.69) is 9.88 Å². The standard InChI is InChI=1S/C31H33N5O3S.2ClH/c1-2-40(37,38)36-28-11-10-27(39-26-12-15-35(16-13-26)30-5-3-4-14-34-30)19-25(28)20-29(36)22-8-6-21-7-9-23(31(32)33)18-24(21)17-22;;/h3-11,14,17-19,26,29H,2,12-13,15-16,20H2,1H3,(H3,32,33);2*1H. The Labute approximate surface area is 259 Å². The average Bonchev–Trinajstić information content (AvgIpc) is 3.37. The molecule has 1 aromatic heterocycles. The number of nitrogens with zero attached hydrogens (tertiary/aromatic N) is 3. The molecule has 11 heteroatoms. The van der Waals surface area contributed by atoms with E-state index in [0.717, 1.165) is 59.4 Å². The predicted molar refractivity (Wildman–Crippen MR) is 174 cm³/mol. The minimum Gasteiger partial charge on any atom is -0.490 e. The van der Waals surface area contributed by atoms with Crippen molar-refractivity contribution in [2.45, 2.75) is 38.3 Å². The van der Waals surface area contributed by atoms with Crippen molar-refractivity contribution in [1.29, 1.82) is 5.41 Å². The number of aromatic nitrogens is 1. The highest BCUT2D eigenvalue weighted by Gasteiger charge is 2.38. The van der Waals surface area contributed by atoms with Gasteiger partial charge in [-0.3, -0.25) is 9.71 Å². The number of fused-ring (bicyclic) bond motifs is 2. The number of hydrogen-bond donors (Lipinski definition) is 2. The second-order valence-electron chi connectivity index (χ2n) is 10.4. The number of rotatable bonds is 7. The number of piperidine rings is 1. The molecular weight excluding hydrogens is 593 g/mol. The van der Waals surface area contributed by atoms with E-state index in [1.807, 2.05) is 79.0 Å². The Hall–Kier alpha value is -3.53. The van der Waals surface area contributed by atoms with E-state index >= 15 is 0 Å². The quantitative estimate of drug-likeness (QED) is 0.196. The van der Waals surface area contributed by atoms with Gasteiger partial charge in [0, 0.05) is 44.1 Å². The molecule has 0 amide bonds. The fourth-order valence-electron chi connectivity index (χ4n) is 5.78. The van der Waals surface area contributed by atoms with E-state index in [1.54, 1.807) is 11.2 Å². The van der Waals surface area contributed by atoms with Crippen LogP contribution in [-0.4, -0.2) is 44.2 Å². The fourth-order valence-corrected chi connectivity index (χ4v) is 7.12. The molecule has 1 atom stereocenters. The number of amidine groups is 1. The Kier molecular flexibility index (Phi) is 9.55. The van der Waals surface area contributed by atoms with Crippen LogP contribution in [0.4, 0.5) is 11.5 Å². The molecule has 0 bridgehead atoms. The maximum Gasteiger partial charge on any atom is 0.235 e. The van der Waals surface area contributed by atoms with E-state index in [9.17, 15) is 8.42 Å². The number of nitrogens with two attached hydrogens (primary N) is 1. The van der Waals surface area contributed by atoms with E-state index < -0.39 is 10.0 Å². The zero-order valence-corrected chi connectivity index (χ0v) is 25.7. The van der Waals surface area contributed by atoms with Crippen molar-refractivity contribution in [3.63, 3.8) is 0 Å². The zero-order valence-electron chi connectivity index (χ0n) is 23.3. The van der Waals surface area contributed by atoms with Crippen LogP contribution in [-0.2, 0) is 16.4 Å². The van der Waals surface area contributed by atoms with Gasteiger partial charge in [-0.2, -0.15) is 0 Å². The lowest BCUT2D eigenvalue weighted by molar-refractivity contribution is 0.170. The van der Waals surface area contributed by atoms with Crippen LogP contribution in [0.2, 0.25) is 0 Å². The van der Waals surface area contributed by atoms with E-state index in [1.165, 1.54) is 0 Å². The molecule has 8 nitrogen and oxygen atoms in total. The highest BCUT2D eigenvalue weighted by molar-refractivity contribution is 7.92. The molecule has 6 rings (SSSR count). The van der Waals surface area contributed by atoms with Gasteiger partial charge in [-0.1, -0.05) is 30.3 Å². The Bertz CT molecular complexity index is 1680. The van der Waals surface area contributed by atoms with Crippen LogP contribution in [0.3, 0.4) is 0 Å². The van der Waals surface area contributed by atoms with Crippen LogP contribution in [0.1, 0.15) is 42.5 Å². The molecule has 1 saturated heterocycles. The second-order valence-corrected chi connectivity index (χ2v) is 12.6. The summed E-state index contributed by atoms with van der Waals surface area (Å²) in [4.78, 5) is 6.74. The van der Waals surface area contributed by atoms with Crippen molar-refractivity contribution < 1.29 is 13.2 Å². The maximum atomic E-state index is 13.3. The summed E-state index contributed by atoms with van der Waals surface area (Å²) in [5.41, 5.74) is 8.94. The van der Waals surface area contributed by atoms with Crippen LogP contribution in [0, 0.1) is 5.41 Å². The number of anilines is 2. The SMILES string of the molecule is CCS(=O)(=O)N1c2ccc(OC3CCN(c4ccccn4)CC3)cc2CC1c1ccc2ccc(C(=N)N)cc2c1.Cl.Cl. The number of halogens is 2. The Morgan fingerprint density at radius 3 is 2.45 bits per heavy atom. The lowest BCUT2D eigenvalue weighted by Crippen LogP contribution is -2.38. The van der Waals surface area contributed by atoms with Gasteiger partial charge in [-0.25, -0.2) is 13.4 Å². The first-order valence-corrected chi connectivity index (χ1v) is 15.3. The van der Waals surface area contributed by atoms with Gasteiger partial charge < -0.3 is 15.4 Å². The van der Waals surface area contributed by atoms with E-state index in [0.29, 0.717) is 17.7 Å². The summed E-state index contributed by atoms with van der Waals surface area (Å²) in [6.45, 7) is 3.44. The van der Waals surface area contributed by atoms with Crippen molar-refractivity contribution in [1.82, 2.24) is 4.98 Å². The van der Waals surface area contributed by atoms with Gasteiger partial charge in [0.25, 0.3) is 0 Å². The van der Waals surface area contributed by atoms with Crippen molar-refractivity contribution in [2.75, 3.05) is 28.0 Å². The molecule has 4 aromatic rings. The molecule has 0 aliphatic carbocycles. The van der Waals surface area contributed by atoms with Gasteiger partial charge in [0.1, 0.15) is 23.5 Å². The van der Waals surface area contributed by atoms with Gasteiger partial charge in [0.15, 0.2) is 0 Å². The third kappa shape index (κ3) is 6.14. The number of ether oxygens (including phenoxy) is 1. The molecule has 3 N–H and O–H groups in total. The van der Waals surface area contributed by atoms with Gasteiger partial charge in [0.2, 0.25) is 10.0 Å². The van der Waals surface area contributed by atoms with Crippen molar-refractivity contribution in [3.8, 4) is 5.75 Å². The third-order valence-corrected chi connectivity index (χ3v) is 9.71. The minimum atomic E-state index is -3.53. The molecule has 42 heavy (non-hydrogen) atoms. The van der Waals surface area contributed by atoms with Crippen LogP contribution >= 0.6 is 24.8 Å². The fraction of sp³-hybridized carbons (Fsp3) is 0.290. The van der Waals surface area contributed by atoms with Gasteiger partial charge in [-0.15, -0.1) is 24.8 Å². The summed E-state index contributed by atoms with van der Waals surface area (Å²) < 4.78 is 34.7. The molecule has 0 spiro atoms. The largest absolute Gasteiger partial charge is 0.490 e. The smallest absolute Gasteiger partial charge is 0.235 e. The first-order valence-electron chi connectivity index (χ1n) is 13.7. The predicted octanol–water partition coefficient (Wildman–Crippen LogP) is 5.86. The number of sulfonamides is 1. The molecule has 2 aliphatic heterocycles. The zero-order chi connectivity index (χ0) is 27.9. The van der Waals surface area contributed by atoms with Gasteiger partial charge in [0.05, 0.1) is 17.5 Å². The highest BCUT2D eigenvalue weighted by Crippen LogP contribution is 2.44. The molecule has 222 valence electrons. The van der Waals surface area contributed by atoms with E-state index in [4.69, 9.17) is 15.9 Å². The number of benzene rings is 3. The van der Waals surface area contributed by atoms with Crippen LogP contribution in [0.15, 0.2) is 79.0 Å². The lowest BCUT2D eigenvalue weighted by Gasteiger charge is -2.33. The first kappa shape index (κ1) is 31.4. The van der Waals surface area contributed by atoms with Crippen LogP contribution in [0.25, 0.3) is 10.8 Å². The number of nitrogens with one attached hydrogen (secondary N) is 1. The average molecular weight is 629 g/mol. The number of hydrogen-bond acceptors (Lipinski definition) is 6. The van der Waals surface area contributed by atoms with Crippen molar-refractivity contribution in [3.05, 3.63) is 95.7 Å². The molecule has 2 aliphatic rings. The monoisotopic (exact) mass is 627 g/mol. The summed E-state index contributed by atoms with van der Waals surface area (Å²) in [7, 11) is -3.53. The Morgan fingerprint density at radius 2 is 1.76 bits per heavy atom.